The lowest BCUT2D eigenvalue weighted by Gasteiger charge is -2.07. The summed E-state index contributed by atoms with van der Waals surface area (Å²) in [6.45, 7) is 0.0714. The largest absolute Gasteiger partial charge is 0.310 e. The molecule has 2 aromatic heterocycles. The Morgan fingerprint density at radius 1 is 1.19 bits per heavy atom. The van der Waals surface area contributed by atoms with Crippen LogP contribution in [0.25, 0.3) is 10.1 Å². The smallest absolute Gasteiger partial charge is 0.269 e. The van der Waals surface area contributed by atoms with Crippen molar-refractivity contribution < 1.29 is 0 Å². The number of halogens is 2. The van der Waals surface area contributed by atoms with Gasteiger partial charge in [-0.05, 0) is 18.2 Å². The Balaban J connectivity index is 2.17. The molecule has 0 aliphatic rings. The fourth-order valence-electron chi connectivity index (χ4n) is 1.97. The fourth-order valence-corrected chi connectivity index (χ4v) is 3.25. The van der Waals surface area contributed by atoms with Crippen molar-refractivity contribution >= 4 is 44.6 Å². The lowest BCUT2D eigenvalue weighted by atomic mass is 10.2. The van der Waals surface area contributed by atoms with E-state index in [0.29, 0.717) is 20.7 Å². The molecule has 7 heteroatoms. The van der Waals surface area contributed by atoms with Gasteiger partial charge in [0.25, 0.3) is 5.56 Å². The molecular formula is C14H8Cl2N2O2S. The lowest BCUT2D eigenvalue weighted by Crippen LogP contribution is -2.31. The molecule has 0 fully saturated rings. The number of hydrogen-bond acceptors (Lipinski definition) is 4. The van der Waals surface area contributed by atoms with Gasteiger partial charge in [0.2, 0.25) is 0 Å². The number of fused-ring (bicyclic) bond motifs is 1. The van der Waals surface area contributed by atoms with Crippen LogP contribution in [0.2, 0.25) is 10.2 Å². The zero-order valence-corrected chi connectivity index (χ0v) is 12.9. The van der Waals surface area contributed by atoms with Crippen molar-refractivity contribution in [2.45, 2.75) is 6.54 Å². The molecule has 4 nitrogen and oxygen atoms in total. The standard InChI is InChI=1S/C14H8Cl2N2O2S/c15-10-5-12(16)17-6-8(10)7-18-13(19)9-3-1-2-4-11(9)21-14(18)20/h1-6H,7H2. The highest BCUT2D eigenvalue weighted by molar-refractivity contribution is 7.16. The van der Waals surface area contributed by atoms with E-state index in [1.165, 1.54) is 12.3 Å². The van der Waals surface area contributed by atoms with E-state index in [1.54, 1.807) is 24.3 Å². The quantitative estimate of drug-likeness (QED) is 0.674. The van der Waals surface area contributed by atoms with Crippen LogP contribution in [0.4, 0.5) is 0 Å². The first-order chi connectivity index (χ1) is 10.1. The second-order valence-electron chi connectivity index (χ2n) is 4.35. The third-order valence-electron chi connectivity index (χ3n) is 3.01. The van der Waals surface area contributed by atoms with E-state index < -0.39 is 0 Å². The highest BCUT2D eigenvalue weighted by atomic mass is 35.5. The summed E-state index contributed by atoms with van der Waals surface area (Å²) in [7, 11) is 0. The van der Waals surface area contributed by atoms with Gasteiger partial charge < -0.3 is 0 Å². The topological polar surface area (TPSA) is 52.0 Å². The van der Waals surface area contributed by atoms with Crippen LogP contribution in [0.5, 0.6) is 0 Å². The molecule has 21 heavy (non-hydrogen) atoms. The van der Waals surface area contributed by atoms with Crippen molar-refractivity contribution in [1.29, 1.82) is 0 Å². The van der Waals surface area contributed by atoms with Crippen LogP contribution in [0.3, 0.4) is 0 Å². The molecule has 0 aliphatic heterocycles. The van der Waals surface area contributed by atoms with Crippen LogP contribution < -0.4 is 10.4 Å². The number of nitrogens with zero attached hydrogens (tertiary/aromatic N) is 2. The maximum atomic E-state index is 12.4. The van der Waals surface area contributed by atoms with Gasteiger partial charge in [0, 0.05) is 16.5 Å². The van der Waals surface area contributed by atoms with Crippen LogP contribution in [0.1, 0.15) is 5.56 Å². The number of pyridine rings is 1. The van der Waals surface area contributed by atoms with Gasteiger partial charge in [-0.3, -0.25) is 14.2 Å². The Labute approximate surface area is 133 Å². The summed E-state index contributed by atoms with van der Waals surface area (Å²) in [6, 6.07) is 8.50. The molecule has 106 valence electrons. The summed E-state index contributed by atoms with van der Waals surface area (Å²) < 4.78 is 1.83. The summed E-state index contributed by atoms with van der Waals surface area (Å²) in [4.78, 5) is 28.1. The van der Waals surface area contributed by atoms with Crippen LogP contribution in [0.15, 0.2) is 46.1 Å². The predicted octanol–water partition coefficient (Wildman–Crippen LogP) is 3.17. The summed E-state index contributed by atoms with van der Waals surface area (Å²) >= 11 is 12.8. The zero-order valence-electron chi connectivity index (χ0n) is 10.5. The molecule has 0 saturated carbocycles. The molecule has 0 aliphatic carbocycles. The van der Waals surface area contributed by atoms with Crippen molar-refractivity contribution in [3.05, 3.63) is 72.3 Å². The molecule has 0 amide bonds. The minimum Gasteiger partial charge on any atom is -0.269 e. The van der Waals surface area contributed by atoms with E-state index in [1.807, 2.05) is 0 Å². The van der Waals surface area contributed by atoms with Crippen molar-refractivity contribution in [1.82, 2.24) is 9.55 Å². The minimum atomic E-state index is -0.333. The molecular weight excluding hydrogens is 331 g/mol. The lowest BCUT2D eigenvalue weighted by molar-refractivity contribution is 0.749. The third-order valence-corrected chi connectivity index (χ3v) is 4.53. The molecule has 0 radical (unpaired) electrons. The maximum Gasteiger partial charge on any atom is 0.310 e. The van der Waals surface area contributed by atoms with Crippen LogP contribution in [-0.4, -0.2) is 9.55 Å². The summed E-state index contributed by atoms with van der Waals surface area (Å²) in [5.41, 5.74) is 0.239. The van der Waals surface area contributed by atoms with Crippen molar-refractivity contribution in [2.24, 2.45) is 0 Å². The van der Waals surface area contributed by atoms with Crippen molar-refractivity contribution in [2.75, 3.05) is 0 Å². The summed E-state index contributed by atoms with van der Waals surface area (Å²) in [5.74, 6) is 0. The number of hydrogen-bond donors (Lipinski definition) is 0. The molecule has 2 heterocycles. The molecule has 0 atom stereocenters. The van der Waals surface area contributed by atoms with Gasteiger partial charge in [0.15, 0.2) is 0 Å². The maximum absolute atomic E-state index is 12.4. The Kier molecular flexibility index (Phi) is 3.80. The van der Waals surface area contributed by atoms with Gasteiger partial charge >= 0.3 is 4.87 Å². The van der Waals surface area contributed by atoms with Gasteiger partial charge in [-0.25, -0.2) is 4.98 Å². The molecule has 0 N–H and O–H groups in total. The molecule has 0 bridgehead atoms. The average Bonchev–Trinajstić information content (AvgIpc) is 2.45. The van der Waals surface area contributed by atoms with Crippen molar-refractivity contribution in [3.63, 3.8) is 0 Å². The third kappa shape index (κ3) is 2.72. The predicted molar refractivity (Wildman–Crippen MR) is 85.7 cm³/mol. The Hall–Kier alpha value is -1.69. The van der Waals surface area contributed by atoms with Crippen LogP contribution >= 0.6 is 34.5 Å². The molecule has 0 unspecified atom stereocenters. The van der Waals surface area contributed by atoms with E-state index in [0.717, 1.165) is 15.9 Å². The second kappa shape index (κ2) is 5.60. The molecule has 3 aromatic rings. The Morgan fingerprint density at radius 2 is 1.95 bits per heavy atom. The average molecular weight is 339 g/mol. The number of aromatic nitrogens is 2. The van der Waals surface area contributed by atoms with Gasteiger partial charge in [-0.1, -0.05) is 46.7 Å². The van der Waals surface area contributed by atoms with E-state index in [4.69, 9.17) is 23.2 Å². The minimum absolute atomic E-state index is 0.0714. The van der Waals surface area contributed by atoms with E-state index >= 15 is 0 Å². The Bertz CT molecular complexity index is 950. The molecule has 3 rings (SSSR count). The summed E-state index contributed by atoms with van der Waals surface area (Å²) in [6.07, 6.45) is 1.47. The summed E-state index contributed by atoms with van der Waals surface area (Å²) in [5, 5.41) is 1.15. The van der Waals surface area contributed by atoms with E-state index in [-0.39, 0.29) is 22.1 Å². The van der Waals surface area contributed by atoms with Crippen molar-refractivity contribution in [3.8, 4) is 0 Å². The van der Waals surface area contributed by atoms with E-state index in [2.05, 4.69) is 4.98 Å². The zero-order chi connectivity index (χ0) is 15.0. The van der Waals surface area contributed by atoms with Crippen LogP contribution in [-0.2, 0) is 6.54 Å². The first-order valence-corrected chi connectivity index (χ1v) is 7.56. The first kappa shape index (κ1) is 14.3. The SMILES string of the molecule is O=c1sc2ccccc2c(=O)n1Cc1cnc(Cl)cc1Cl. The molecule has 1 aromatic carbocycles. The first-order valence-electron chi connectivity index (χ1n) is 5.99. The van der Waals surface area contributed by atoms with E-state index in [9.17, 15) is 9.59 Å². The van der Waals surface area contributed by atoms with Crippen LogP contribution in [0, 0.1) is 0 Å². The molecule has 0 saturated heterocycles. The second-order valence-corrected chi connectivity index (χ2v) is 6.14. The normalized spacial score (nSPS) is 11.0. The highest BCUT2D eigenvalue weighted by Gasteiger charge is 2.10. The monoisotopic (exact) mass is 338 g/mol. The van der Waals surface area contributed by atoms with Gasteiger partial charge in [-0.2, -0.15) is 0 Å². The van der Waals surface area contributed by atoms with Gasteiger partial charge in [0.1, 0.15) is 5.15 Å². The fraction of sp³-hybridized carbons (Fsp3) is 0.0714. The number of benzene rings is 1. The highest BCUT2D eigenvalue weighted by Crippen LogP contribution is 2.19. The number of rotatable bonds is 2. The Morgan fingerprint density at radius 3 is 2.71 bits per heavy atom. The van der Waals surface area contributed by atoms with Gasteiger partial charge in [-0.15, -0.1) is 0 Å². The van der Waals surface area contributed by atoms with Gasteiger partial charge in [0.05, 0.1) is 17.0 Å². The molecule has 0 spiro atoms.